The van der Waals surface area contributed by atoms with Crippen LogP contribution in [0.4, 0.5) is 11.4 Å². The third-order valence-electron chi connectivity index (χ3n) is 3.56. The van der Waals surface area contributed by atoms with Crippen molar-refractivity contribution in [2.45, 2.75) is 11.7 Å². The Morgan fingerprint density at radius 3 is 2.81 bits per heavy atom. The molecular weight excluding hydrogens is 374 g/mol. The topological polar surface area (TPSA) is 79.8 Å². The first kappa shape index (κ1) is 18.3. The molecule has 6 nitrogen and oxygen atoms in total. The van der Waals surface area contributed by atoms with Gasteiger partial charge in [0.25, 0.3) is 0 Å². The zero-order chi connectivity index (χ0) is 18.5. The zero-order valence-electron chi connectivity index (χ0n) is 13.9. The highest BCUT2D eigenvalue weighted by Gasteiger charge is 2.32. The van der Waals surface area contributed by atoms with Gasteiger partial charge in [-0.05, 0) is 36.4 Å². The number of methoxy groups -OCH3 is 1. The third kappa shape index (κ3) is 4.77. The lowest BCUT2D eigenvalue weighted by Gasteiger charge is -2.08. The summed E-state index contributed by atoms with van der Waals surface area (Å²) in [6.07, 6.45) is 0.0490. The van der Waals surface area contributed by atoms with Gasteiger partial charge in [-0.1, -0.05) is 29.4 Å². The number of amidine groups is 1. The minimum atomic E-state index is -0.522. The average Bonchev–Trinajstić information content (AvgIpc) is 2.96. The molecule has 0 aromatic heterocycles. The summed E-state index contributed by atoms with van der Waals surface area (Å²) in [5, 5.41) is 6.03. The van der Waals surface area contributed by atoms with Gasteiger partial charge in [0.1, 0.15) is 11.0 Å². The molecule has 0 radical (unpaired) electrons. The third-order valence-corrected chi connectivity index (χ3v) is 4.89. The molecule has 1 heterocycles. The molecule has 1 fully saturated rings. The van der Waals surface area contributed by atoms with Crippen LogP contribution in [0.2, 0.25) is 5.02 Å². The number of nitrogens with one attached hydrogen (secondary N) is 2. The van der Waals surface area contributed by atoms with E-state index in [0.29, 0.717) is 27.3 Å². The van der Waals surface area contributed by atoms with Crippen LogP contribution in [0, 0.1) is 0 Å². The van der Waals surface area contributed by atoms with E-state index in [1.165, 1.54) is 11.8 Å². The number of aliphatic imine (C=N–C) groups is 1. The molecule has 0 spiro atoms. The van der Waals surface area contributed by atoms with Crippen LogP contribution in [0.25, 0.3) is 0 Å². The van der Waals surface area contributed by atoms with Gasteiger partial charge >= 0.3 is 0 Å². The maximum absolute atomic E-state index is 12.2. The number of thioether (sulfide) groups is 1. The van der Waals surface area contributed by atoms with Gasteiger partial charge in [-0.15, -0.1) is 0 Å². The van der Waals surface area contributed by atoms with Crippen molar-refractivity contribution in [2.75, 3.05) is 12.4 Å². The van der Waals surface area contributed by atoms with Crippen molar-refractivity contribution in [2.24, 2.45) is 4.99 Å². The van der Waals surface area contributed by atoms with Gasteiger partial charge in [-0.3, -0.25) is 9.59 Å². The molecule has 2 aromatic rings. The lowest BCUT2D eigenvalue weighted by atomic mass is 10.2. The molecule has 8 heteroatoms. The molecule has 1 aliphatic heterocycles. The van der Waals surface area contributed by atoms with Crippen LogP contribution < -0.4 is 15.4 Å². The van der Waals surface area contributed by atoms with Gasteiger partial charge in [0.2, 0.25) is 11.8 Å². The van der Waals surface area contributed by atoms with E-state index >= 15 is 0 Å². The highest BCUT2D eigenvalue weighted by Crippen LogP contribution is 2.26. The van der Waals surface area contributed by atoms with E-state index < -0.39 is 5.25 Å². The SMILES string of the molecule is COc1cccc(NC(=O)CC2SC(=Nc3ccc(Cl)cc3)NC2=O)c1. The molecule has 0 bridgehead atoms. The number of carbonyl (C=O) groups is 2. The fourth-order valence-electron chi connectivity index (χ4n) is 2.31. The van der Waals surface area contributed by atoms with Crippen LogP contribution in [0.5, 0.6) is 5.75 Å². The zero-order valence-corrected chi connectivity index (χ0v) is 15.4. The van der Waals surface area contributed by atoms with Gasteiger partial charge in [-0.2, -0.15) is 0 Å². The minimum absolute atomic E-state index is 0.0490. The van der Waals surface area contributed by atoms with Crippen LogP contribution in [0.3, 0.4) is 0 Å². The number of carbonyl (C=O) groups excluding carboxylic acids is 2. The van der Waals surface area contributed by atoms with Crippen LogP contribution >= 0.6 is 23.4 Å². The molecule has 1 aliphatic rings. The first-order chi connectivity index (χ1) is 12.5. The number of rotatable bonds is 5. The number of nitrogens with zero attached hydrogens (tertiary/aromatic N) is 1. The molecule has 2 N–H and O–H groups in total. The number of amides is 2. The summed E-state index contributed by atoms with van der Waals surface area (Å²) in [5.41, 5.74) is 1.30. The second kappa shape index (κ2) is 8.25. The van der Waals surface area contributed by atoms with Gasteiger partial charge in [0.05, 0.1) is 12.8 Å². The van der Waals surface area contributed by atoms with E-state index in [4.69, 9.17) is 16.3 Å². The van der Waals surface area contributed by atoms with E-state index in [1.54, 1.807) is 55.6 Å². The van der Waals surface area contributed by atoms with Gasteiger partial charge in [0.15, 0.2) is 5.17 Å². The Morgan fingerprint density at radius 1 is 1.31 bits per heavy atom. The summed E-state index contributed by atoms with van der Waals surface area (Å²) in [6, 6.07) is 14.0. The molecule has 0 saturated carbocycles. The molecule has 2 amide bonds. The largest absolute Gasteiger partial charge is 0.497 e. The van der Waals surface area contributed by atoms with Crippen molar-refractivity contribution in [3.8, 4) is 5.75 Å². The van der Waals surface area contributed by atoms with E-state index in [9.17, 15) is 9.59 Å². The maximum Gasteiger partial charge on any atom is 0.240 e. The summed E-state index contributed by atoms with van der Waals surface area (Å²) in [7, 11) is 1.56. The van der Waals surface area contributed by atoms with Crippen molar-refractivity contribution in [1.82, 2.24) is 5.32 Å². The standard InChI is InChI=1S/C18H16ClN3O3S/c1-25-14-4-2-3-13(9-14)20-16(23)10-15-17(24)22-18(26-15)21-12-7-5-11(19)6-8-12/h2-9,15H,10H2,1H3,(H,20,23)(H,21,22,24). The number of hydrogen-bond donors (Lipinski definition) is 2. The Hall–Kier alpha value is -2.51. The average molecular weight is 390 g/mol. The summed E-state index contributed by atoms with van der Waals surface area (Å²) in [5.74, 6) is 0.162. The fourth-order valence-corrected chi connectivity index (χ4v) is 3.42. The second-order valence-electron chi connectivity index (χ2n) is 5.47. The molecule has 134 valence electrons. The molecule has 1 atom stereocenters. The Morgan fingerprint density at radius 2 is 2.08 bits per heavy atom. The maximum atomic E-state index is 12.2. The first-order valence-corrected chi connectivity index (χ1v) is 9.05. The van der Waals surface area contributed by atoms with Crippen LogP contribution in [-0.4, -0.2) is 29.3 Å². The van der Waals surface area contributed by atoms with E-state index in [0.717, 1.165) is 0 Å². The van der Waals surface area contributed by atoms with Crippen molar-refractivity contribution in [3.63, 3.8) is 0 Å². The first-order valence-electron chi connectivity index (χ1n) is 7.79. The Bertz CT molecular complexity index is 855. The van der Waals surface area contributed by atoms with E-state index in [-0.39, 0.29) is 18.2 Å². The molecule has 1 unspecified atom stereocenters. The monoisotopic (exact) mass is 389 g/mol. The highest BCUT2D eigenvalue weighted by molar-refractivity contribution is 8.15. The van der Waals surface area contributed by atoms with Crippen molar-refractivity contribution in [3.05, 3.63) is 53.6 Å². The van der Waals surface area contributed by atoms with E-state index in [1.807, 2.05) is 0 Å². The molecular formula is C18H16ClN3O3S. The predicted octanol–water partition coefficient (Wildman–Crippen LogP) is 3.60. The normalized spacial score (nSPS) is 17.8. The van der Waals surface area contributed by atoms with Crippen LogP contribution in [0.15, 0.2) is 53.5 Å². The summed E-state index contributed by atoms with van der Waals surface area (Å²) < 4.78 is 5.12. The molecule has 1 saturated heterocycles. The van der Waals surface area contributed by atoms with Gasteiger partial charge in [0, 0.05) is 23.2 Å². The van der Waals surface area contributed by atoms with Crippen molar-refractivity contribution < 1.29 is 14.3 Å². The van der Waals surface area contributed by atoms with E-state index in [2.05, 4.69) is 15.6 Å². The van der Waals surface area contributed by atoms with Gasteiger partial charge in [-0.25, -0.2) is 4.99 Å². The van der Waals surface area contributed by atoms with Crippen molar-refractivity contribution in [1.29, 1.82) is 0 Å². The minimum Gasteiger partial charge on any atom is -0.497 e. The number of ether oxygens (including phenoxy) is 1. The van der Waals surface area contributed by atoms with Crippen LogP contribution in [0.1, 0.15) is 6.42 Å². The summed E-state index contributed by atoms with van der Waals surface area (Å²) >= 11 is 7.08. The second-order valence-corrected chi connectivity index (χ2v) is 7.10. The molecule has 0 aliphatic carbocycles. The van der Waals surface area contributed by atoms with Gasteiger partial charge < -0.3 is 15.4 Å². The molecule has 26 heavy (non-hydrogen) atoms. The highest BCUT2D eigenvalue weighted by atomic mass is 35.5. The lowest BCUT2D eigenvalue weighted by Crippen LogP contribution is -2.28. The predicted molar refractivity (Wildman–Crippen MR) is 104 cm³/mol. The van der Waals surface area contributed by atoms with Crippen molar-refractivity contribution >= 4 is 51.7 Å². The number of hydrogen-bond acceptors (Lipinski definition) is 5. The smallest absolute Gasteiger partial charge is 0.240 e. The number of benzene rings is 2. The molecule has 3 rings (SSSR count). The van der Waals surface area contributed by atoms with Crippen LogP contribution in [-0.2, 0) is 9.59 Å². The summed E-state index contributed by atoms with van der Waals surface area (Å²) in [6.45, 7) is 0. The number of halogens is 1. The Labute approximate surface area is 160 Å². The fraction of sp³-hybridized carbons (Fsp3) is 0.167. The number of anilines is 1. The lowest BCUT2D eigenvalue weighted by molar-refractivity contribution is -0.122. The Balaban J connectivity index is 1.60. The quantitative estimate of drug-likeness (QED) is 0.818. The summed E-state index contributed by atoms with van der Waals surface area (Å²) in [4.78, 5) is 28.7. The molecule has 2 aromatic carbocycles. The Kier molecular flexibility index (Phi) is 5.80.